The van der Waals surface area contributed by atoms with E-state index in [0.29, 0.717) is 6.61 Å². The van der Waals surface area contributed by atoms with Crippen molar-refractivity contribution in [3.05, 3.63) is 0 Å². The molecule has 0 aromatic rings. The molecule has 0 bridgehead atoms. The summed E-state index contributed by atoms with van der Waals surface area (Å²) in [4.78, 5) is 0. The first kappa shape index (κ1) is 8.11. The number of nitrogens with two attached hydrogens (primary N) is 2. The average Bonchev–Trinajstić information content (AvgIpc) is 1.59. The number of ether oxygens (including phenoxy) is 1. The van der Waals surface area contributed by atoms with Crippen molar-refractivity contribution >= 4 is 7.44 Å². The first-order chi connectivity index (χ1) is 3.56. The Morgan fingerprint density at radius 2 is 2.12 bits per heavy atom. The summed E-state index contributed by atoms with van der Waals surface area (Å²) in [6, 6.07) is 0. The summed E-state index contributed by atoms with van der Waals surface area (Å²) in [6.45, 7) is 2.29. The molecule has 8 heavy (non-hydrogen) atoms. The van der Waals surface area contributed by atoms with Crippen molar-refractivity contribution in [1.29, 1.82) is 0 Å². The van der Waals surface area contributed by atoms with Crippen LogP contribution in [0.2, 0.25) is 0 Å². The standard InChI is InChI=1S/C3H11N2O2P/c1-2-7-3-8(4,5)6/h2-3H2,1H3,(H4,4,5,6). The fourth-order valence-corrected chi connectivity index (χ4v) is 0.702. The fourth-order valence-electron chi connectivity index (χ4n) is 0.234. The maximum Gasteiger partial charge on any atom is 0.231 e. The third-order valence-electron chi connectivity index (χ3n) is 0.497. The topological polar surface area (TPSA) is 78.3 Å². The molecule has 0 unspecified atom stereocenters. The molecule has 0 spiro atoms. The zero-order valence-electron chi connectivity index (χ0n) is 4.83. The maximum absolute atomic E-state index is 10.4. The van der Waals surface area contributed by atoms with Crippen molar-refractivity contribution in [2.75, 3.05) is 13.0 Å². The highest BCUT2D eigenvalue weighted by Crippen LogP contribution is 2.23. The lowest BCUT2D eigenvalue weighted by molar-refractivity contribution is 0.191. The Hall–Kier alpha value is 0.110. The van der Waals surface area contributed by atoms with Gasteiger partial charge in [-0.05, 0) is 6.92 Å². The van der Waals surface area contributed by atoms with Crippen LogP contribution in [0.3, 0.4) is 0 Å². The van der Waals surface area contributed by atoms with Gasteiger partial charge in [0.15, 0.2) is 0 Å². The molecular formula is C3H11N2O2P. The maximum atomic E-state index is 10.4. The average molecular weight is 138 g/mol. The van der Waals surface area contributed by atoms with E-state index in [0.717, 1.165) is 0 Å². The van der Waals surface area contributed by atoms with E-state index in [4.69, 9.17) is 11.0 Å². The van der Waals surface area contributed by atoms with E-state index in [1.54, 1.807) is 6.92 Å². The summed E-state index contributed by atoms with van der Waals surface area (Å²) in [5, 5.41) is 0. The Morgan fingerprint density at radius 3 is 2.25 bits per heavy atom. The quantitative estimate of drug-likeness (QED) is 0.542. The first-order valence-corrected chi connectivity index (χ1v) is 4.33. The molecule has 4 nitrogen and oxygen atoms in total. The normalized spacial score (nSPS) is 11.9. The predicted octanol–water partition coefficient (Wildman–Crippen LogP) is 0.0909. The van der Waals surface area contributed by atoms with Crippen molar-refractivity contribution in [3.63, 3.8) is 0 Å². The third-order valence-corrected chi connectivity index (χ3v) is 1.08. The second-order valence-corrected chi connectivity index (χ2v) is 3.44. The van der Waals surface area contributed by atoms with Gasteiger partial charge in [0.2, 0.25) is 7.44 Å². The highest BCUT2D eigenvalue weighted by atomic mass is 31.2. The molecule has 0 aromatic carbocycles. The van der Waals surface area contributed by atoms with Crippen LogP contribution < -0.4 is 11.0 Å². The van der Waals surface area contributed by atoms with Gasteiger partial charge in [-0.1, -0.05) is 0 Å². The Bertz CT molecular complexity index is 99.5. The minimum Gasteiger partial charge on any atom is -0.371 e. The number of hydrogen-bond acceptors (Lipinski definition) is 2. The van der Waals surface area contributed by atoms with Crippen LogP contribution in [0.15, 0.2) is 0 Å². The monoisotopic (exact) mass is 138 g/mol. The Labute approximate surface area is 48.7 Å². The van der Waals surface area contributed by atoms with Gasteiger partial charge in [-0.25, -0.2) is 0 Å². The predicted molar refractivity (Wildman–Crippen MR) is 32.5 cm³/mol. The van der Waals surface area contributed by atoms with Crippen LogP contribution in [0.25, 0.3) is 0 Å². The van der Waals surface area contributed by atoms with Crippen LogP contribution in [0.1, 0.15) is 6.92 Å². The number of hydrogen-bond donors (Lipinski definition) is 2. The smallest absolute Gasteiger partial charge is 0.231 e. The lowest BCUT2D eigenvalue weighted by Crippen LogP contribution is -2.10. The van der Waals surface area contributed by atoms with Crippen LogP contribution in [0.4, 0.5) is 0 Å². The van der Waals surface area contributed by atoms with Crippen molar-refractivity contribution in [2.24, 2.45) is 11.0 Å². The van der Waals surface area contributed by atoms with Crippen LogP contribution >= 0.6 is 7.44 Å². The molecule has 0 saturated heterocycles. The fraction of sp³-hybridized carbons (Fsp3) is 1.00. The molecule has 0 aliphatic carbocycles. The van der Waals surface area contributed by atoms with Crippen LogP contribution in [-0.4, -0.2) is 13.0 Å². The molecule has 0 heterocycles. The van der Waals surface area contributed by atoms with Gasteiger partial charge in [0.05, 0.1) is 0 Å². The Balaban J connectivity index is 3.26. The third kappa shape index (κ3) is 6.11. The highest BCUT2D eigenvalue weighted by molar-refractivity contribution is 7.58. The molecular weight excluding hydrogens is 127 g/mol. The van der Waals surface area contributed by atoms with Crippen molar-refractivity contribution in [1.82, 2.24) is 0 Å². The van der Waals surface area contributed by atoms with E-state index in [1.165, 1.54) is 0 Å². The molecule has 0 aliphatic rings. The van der Waals surface area contributed by atoms with E-state index < -0.39 is 7.44 Å². The molecule has 0 aromatic heterocycles. The molecule has 0 saturated carbocycles. The largest absolute Gasteiger partial charge is 0.371 e. The molecule has 4 N–H and O–H groups in total. The molecule has 0 aliphatic heterocycles. The van der Waals surface area contributed by atoms with Gasteiger partial charge in [0.1, 0.15) is 6.35 Å². The number of rotatable bonds is 3. The molecule has 5 heteroatoms. The van der Waals surface area contributed by atoms with Gasteiger partial charge in [-0.15, -0.1) is 0 Å². The second kappa shape index (κ2) is 3.20. The minimum absolute atomic E-state index is 0.0243. The summed E-state index contributed by atoms with van der Waals surface area (Å²) in [5.41, 5.74) is 9.86. The van der Waals surface area contributed by atoms with Crippen LogP contribution in [-0.2, 0) is 9.30 Å². The first-order valence-electron chi connectivity index (χ1n) is 2.30. The minimum atomic E-state index is -2.90. The van der Waals surface area contributed by atoms with Crippen molar-refractivity contribution in [3.8, 4) is 0 Å². The van der Waals surface area contributed by atoms with E-state index in [-0.39, 0.29) is 6.35 Å². The molecule has 50 valence electrons. The van der Waals surface area contributed by atoms with Crippen LogP contribution in [0, 0.1) is 0 Å². The molecule has 0 fully saturated rings. The zero-order chi connectivity index (χ0) is 6.62. The van der Waals surface area contributed by atoms with Crippen LogP contribution in [0.5, 0.6) is 0 Å². The van der Waals surface area contributed by atoms with Gasteiger partial charge >= 0.3 is 0 Å². The van der Waals surface area contributed by atoms with E-state index in [2.05, 4.69) is 4.74 Å². The second-order valence-electron chi connectivity index (χ2n) is 1.48. The van der Waals surface area contributed by atoms with Gasteiger partial charge in [-0.2, -0.15) is 0 Å². The van der Waals surface area contributed by atoms with Crippen molar-refractivity contribution in [2.45, 2.75) is 6.92 Å². The summed E-state index contributed by atoms with van der Waals surface area (Å²) in [5.74, 6) is 0. The Morgan fingerprint density at radius 1 is 1.62 bits per heavy atom. The lowest BCUT2D eigenvalue weighted by atomic mass is 10.9. The van der Waals surface area contributed by atoms with E-state index in [9.17, 15) is 4.57 Å². The van der Waals surface area contributed by atoms with E-state index in [1.807, 2.05) is 0 Å². The van der Waals surface area contributed by atoms with Gasteiger partial charge in [-0.3, -0.25) is 15.6 Å². The summed E-state index contributed by atoms with van der Waals surface area (Å²) in [6.07, 6.45) is -0.0243. The molecule has 0 rings (SSSR count). The SMILES string of the molecule is CCOCP(N)(N)=O. The van der Waals surface area contributed by atoms with Gasteiger partial charge in [0.25, 0.3) is 0 Å². The summed E-state index contributed by atoms with van der Waals surface area (Å²) >= 11 is 0. The Kier molecular flexibility index (Phi) is 3.24. The van der Waals surface area contributed by atoms with E-state index >= 15 is 0 Å². The molecule has 0 radical (unpaired) electrons. The lowest BCUT2D eigenvalue weighted by Gasteiger charge is -2.03. The highest BCUT2D eigenvalue weighted by Gasteiger charge is 2.05. The molecule has 0 amide bonds. The summed E-state index contributed by atoms with van der Waals surface area (Å²) < 4.78 is 15.1. The van der Waals surface area contributed by atoms with Gasteiger partial charge in [0, 0.05) is 6.61 Å². The summed E-state index contributed by atoms with van der Waals surface area (Å²) in [7, 11) is -2.90. The zero-order valence-corrected chi connectivity index (χ0v) is 5.73. The van der Waals surface area contributed by atoms with Gasteiger partial charge < -0.3 is 4.74 Å². The van der Waals surface area contributed by atoms with Crippen molar-refractivity contribution < 1.29 is 9.30 Å². The molecule has 0 atom stereocenters.